The van der Waals surface area contributed by atoms with Crippen molar-refractivity contribution in [3.8, 4) is 0 Å². The van der Waals surface area contributed by atoms with E-state index in [-0.39, 0.29) is 15.6 Å². The van der Waals surface area contributed by atoms with Crippen LogP contribution in [0, 0.1) is 12.8 Å². The number of halogens is 5. The maximum atomic E-state index is 14.0. The first kappa shape index (κ1) is 29.3. The molecule has 216 valence electrons. The number of alkyl halides is 5. The quantitative estimate of drug-likeness (QED) is 0.407. The molecule has 0 unspecified atom stereocenters. The average molecular weight is 589 g/mol. The topological polar surface area (TPSA) is 124 Å². The molecule has 40 heavy (non-hydrogen) atoms. The van der Waals surface area contributed by atoms with Crippen LogP contribution < -0.4 is 16.0 Å². The van der Waals surface area contributed by atoms with E-state index in [9.17, 15) is 41.1 Å². The van der Waals surface area contributed by atoms with Gasteiger partial charge >= 0.3 is 6.18 Å². The van der Waals surface area contributed by atoms with Gasteiger partial charge in [0, 0.05) is 26.2 Å². The zero-order chi connectivity index (χ0) is 29.2. The van der Waals surface area contributed by atoms with Crippen molar-refractivity contribution in [1.29, 1.82) is 0 Å². The first-order valence-corrected chi connectivity index (χ1v) is 13.0. The molecule has 2 aliphatic rings. The summed E-state index contributed by atoms with van der Waals surface area (Å²) >= 11 is 0.510. The van der Waals surface area contributed by atoms with Gasteiger partial charge in [0.25, 0.3) is 24.1 Å². The number of amides is 4. The van der Waals surface area contributed by atoms with Crippen molar-refractivity contribution in [2.24, 2.45) is 5.92 Å². The van der Waals surface area contributed by atoms with Gasteiger partial charge in [-0.2, -0.15) is 13.2 Å². The molecule has 2 aliphatic heterocycles. The van der Waals surface area contributed by atoms with Crippen LogP contribution in [-0.2, 0) is 16.1 Å². The summed E-state index contributed by atoms with van der Waals surface area (Å²) in [5, 5.41) is 9.10. The lowest BCUT2D eigenvalue weighted by molar-refractivity contribution is -0.182. The van der Waals surface area contributed by atoms with Gasteiger partial charge in [-0.25, -0.2) is 18.8 Å². The maximum absolute atomic E-state index is 14.0. The Bertz CT molecular complexity index is 1300. The van der Waals surface area contributed by atoms with Gasteiger partial charge in [-0.3, -0.25) is 24.2 Å². The van der Waals surface area contributed by atoms with Gasteiger partial charge in [0.2, 0.25) is 5.91 Å². The summed E-state index contributed by atoms with van der Waals surface area (Å²) in [6.07, 6.45) is -7.21. The molecule has 3 N–H and O–H groups in total. The van der Waals surface area contributed by atoms with E-state index in [1.807, 2.05) is 10.6 Å². The van der Waals surface area contributed by atoms with Gasteiger partial charge in [-0.1, -0.05) is 24.3 Å². The average Bonchev–Trinajstić information content (AvgIpc) is 3.49. The van der Waals surface area contributed by atoms with Crippen LogP contribution in [0.2, 0.25) is 0 Å². The van der Waals surface area contributed by atoms with Gasteiger partial charge in [0.05, 0.1) is 12.2 Å². The van der Waals surface area contributed by atoms with E-state index in [1.54, 1.807) is 29.3 Å². The number of hydrogen-bond donors (Lipinski definition) is 3. The first-order chi connectivity index (χ1) is 18.9. The highest BCUT2D eigenvalue weighted by molar-refractivity contribution is 7.15. The Morgan fingerprint density at radius 3 is 2.50 bits per heavy atom. The lowest BCUT2D eigenvalue weighted by Crippen LogP contribution is -2.50. The highest BCUT2D eigenvalue weighted by atomic mass is 32.1. The van der Waals surface area contributed by atoms with Gasteiger partial charge in [-0.05, 0) is 24.5 Å². The first-order valence-electron chi connectivity index (χ1n) is 12.2. The molecule has 1 aromatic carbocycles. The van der Waals surface area contributed by atoms with Crippen molar-refractivity contribution in [2.45, 2.75) is 38.5 Å². The number of hydrazine groups is 1. The number of thiazole rings is 1. The number of aryl methyl sites for hydroxylation is 1. The largest absolute Gasteiger partial charge is 0.402 e. The van der Waals surface area contributed by atoms with Crippen LogP contribution in [0.3, 0.4) is 0 Å². The van der Waals surface area contributed by atoms with E-state index in [0.717, 1.165) is 0 Å². The summed E-state index contributed by atoms with van der Waals surface area (Å²) in [6, 6.07) is 5.32. The number of nitrogens with one attached hydrogen (secondary N) is 3. The predicted molar refractivity (Wildman–Crippen MR) is 131 cm³/mol. The highest BCUT2D eigenvalue weighted by Crippen LogP contribution is 2.32. The molecule has 16 heteroatoms. The van der Waals surface area contributed by atoms with Crippen LogP contribution in [-0.4, -0.2) is 77.4 Å². The van der Waals surface area contributed by atoms with E-state index in [2.05, 4.69) is 10.3 Å². The Morgan fingerprint density at radius 1 is 1.10 bits per heavy atom. The van der Waals surface area contributed by atoms with Crippen LogP contribution in [0.15, 0.2) is 24.3 Å². The summed E-state index contributed by atoms with van der Waals surface area (Å²) in [5.74, 6) is -6.75. The fourth-order valence-corrected chi connectivity index (χ4v) is 5.38. The number of carbonyl (C=O) groups excluding carboxylic acids is 4. The third kappa shape index (κ3) is 6.38. The van der Waals surface area contributed by atoms with E-state index >= 15 is 0 Å². The molecule has 1 saturated heterocycles. The number of fused-ring (bicyclic) bond motifs is 2. The Balaban J connectivity index is 1.48. The van der Waals surface area contributed by atoms with Crippen molar-refractivity contribution in [3.63, 3.8) is 0 Å². The minimum absolute atomic E-state index is 0.00599. The van der Waals surface area contributed by atoms with Crippen molar-refractivity contribution < 1.29 is 41.1 Å². The van der Waals surface area contributed by atoms with Crippen LogP contribution in [0.4, 0.5) is 22.0 Å². The molecule has 2 aromatic rings. The van der Waals surface area contributed by atoms with Gasteiger partial charge in [0.15, 0.2) is 10.9 Å². The minimum atomic E-state index is -5.08. The van der Waals surface area contributed by atoms with E-state index in [4.69, 9.17) is 0 Å². The summed E-state index contributed by atoms with van der Waals surface area (Å²) in [6.45, 7) is 0.546. The second-order valence-corrected chi connectivity index (χ2v) is 10.2. The molecule has 10 nitrogen and oxygen atoms in total. The molecule has 1 fully saturated rings. The lowest BCUT2D eigenvalue weighted by atomic mass is 9.98. The lowest BCUT2D eigenvalue weighted by Gasteiger charge is -2.28. The SMILES string of the molecule is Cc1nc(C(=O)NCC(F)F)sc1C(=O)NC[C@H](C(=O)N[C@@H]1C(=O)N2CCCN2Cc2ccccc21)C(F)(F)F. The summed E-state index contributed by atoms with van der Waals surface area (Å²) in [7, 11) is 0. The number of carbonyl (C=O) groups is 4. The van der Waals surface area contributed by atoms with Crippen molar-refractivity contribution in [3.05, 3.63) is 51.0 Å². The predicted octanol–water partition coefficient (Wildman–Crippen LogP) is 2.18. The van der Waals surface area contributed by atoms with E-state index in [0.29, 0.717) is 48.5 Å². The number of benzene rings is 1. The molecular formula is C24H25F5N6O4S. The minimum Gasteiger partial charge on any atom is -0.350 e. The Kier molecular flexibility index (Phi) is 8.68. The van der Waals surface area contributed by atoms with E-state index < -0.39 is 61.3 Å². The third-order valence-electron chi connectivity index (χ3n) is 6.43. The number of hydrogen-bond acceptors (Lipinski definition) is 7. The van der Waals surface area contributed by atoms with Crippen molar-refractivity contribution >= 4 is 35.0 Å². The van der Waals surface area contributed by atoms with Crippen molar-refractivity contribution in [1.82, 2.24) is 31.0 Å². The molecule has 2 atom stereocenters. The Hall–Kier alpha value is -3.66. The summed E-state index contributed by atoms with van der Waals surface area (Å²) in [5.41, 5.74) is 1.07. The Labute approximate surface area is 228 Å². The number of aromatic nitrogens is 1. The monoisotopic (exact) mass is 588 g/mol. The van der Waals surface area contributed by atoms with Crippen LogP contribution in [0.1, 0.15) is 48.8 Å². The summed E-state index contributed by atoms with van der Waals surface area (Å²) in [4.78, 5) is 54.4. The third-order valence-corrected chi connectivity index (χ3v) is 7.58. The van der Waals surface area contributed by atoms with E-state index in [1.165, 1.54) is 11.9 Å². The molecule has 1 aromatic heterocycles. The normalized spacial score (nSPS) is 18.1. The molecule has 0 bridgehead atoms. The van der Waals surface area contributed by atoms with Crippen LogP contribution in [0.5, 0.6) is 0 Å². The zero-order valence-corrected chi connectivity index (χ0v) is 21.9. The summed E-state index contributed by atoms with van der Waals surface area (Å²) < 4.78 is 66.6. The fourth-order valence-electron chi connectivity index (χ4n) is 4.48. The molecule has 0 aliphatic carbocycles. The number of nitrogens with zero attached hydrogens (tertiary/aromatic N) is 3. The van der Waals surface area contributed by atoms with Crippen LogP contribution >= 0.6 is 11.3 Å². The fraction of sp³-hybridized carbons (Fsp3) is 0.458. The molecular weight excluding hydrogens is 563 g/mol. The van der Waals surface area contributed by atoms with Gasteiger partial charge in [-0.15, -0.1) is 11.3 Å². The zero-order valence-electron chi connectivity index (χ0n) is 21.1. The second-order valence-electron chi connectivity index (χ2n) is 9.18. The molecule has 0 radical (unpaired) electrons. The molecule has 4 rings (SSSR count). The molecule has 3 heterocycles. The standard InChI is InChI=1S/C24H25F5N6O4S/c1-12-18(40-22(32-12)21(38)31-10-16(25)26)20(37)30-9-15(24(27,28)29)19(36)33-17-14-6-3-2-5-13(14)11-34-7-4-8-35(34)23(17)39/h2-3,5-6,15-17H,4,7-11H2,1H3,(H,30,37)(H,31,38)(H,33,36)/t15-,17+/m1/s1. The second kappa shape index (κ2) is 11.8. The van der Waals surface area contributed by atoms with Crippen LogP contribution in [0.25, 0.3) is 0 Å². The molecule has 4 amide bonds. The van der Waals surface area contributed by atoms with Gasteiger partial charge < -0.3 is 16.0 Å². The maximum Gasteiger partial charge on any atom is 0.402 e. The molecule has 0 saturated carbocycles. The molecule has 0 spiro atoms. The van der Waals surface area contributed by atoms with Gasteiger partial charge in [0.1, 0.15) is 10.9 Å². The highest BCUT2D eigenvalue weighted by Gasteiger charge is 2.47. The Morgan fingerprint density at radius 2 is 1.80 bits per heavy atom. The number of rotatable bonds is 8. The smallest absolute Gasteiger partial charge is 0.350 e. The van der Waals surface area contributed by atoms with Crippen molar-refractivity contribution in [2.75, 3.05) is 26.2 Å².